The topological polar surface area (TPSA) is 92.9 Å². The smallest absolute Gasteiger partial charge is 0.267 e. The Morgan fingerprint density at radius 2 is 1.96 bits per heavy atom. The molecule has 0 saturated carbocycles. The maximum Gasteiger partial charge on any atom is 0.267 e. The van der Waals surface area contributed by atoms with Crippen LogP contribution in [-0.2, 0) is 6.42 Å². The second-order valence-corrected chi connectivity index (χ2v) is 7.43. The first-order valence-electron chi connectivity index (χ1n) is 9.35. The molecule has 0 bridgehead atoms. The number of rotatable bonds is 5. The third-order valence-corrected chi connectivity index (χ3v) is 5.46. The molecule has 9 nitrogen and oxygen atoms in total. The van der Waals surface area contributed by atoms with Gasteiger partial charge in [-0.2, -0.15) is 0 Å². The standard InChI is InChI=1S/C18H22N8OS/c1-3-4-14-17(28-23-22-14)18(27)25-9-7-24(8-10-25)15-11-16(21-13(2)20-15)26-6-5-19-12-26/h5-6,11-12H,3-4,7-10H2,1-2H3. The van der Waals surface area contributed by atoms with Gasteiger partial charge >= 0.3 is 0 Å². The van der Waals surface area contributed by atoms with Crippen LogP contribution in [0.25, 0.3) is 5.82 Å². The van der Waals surface area contributed by atoms with Crippen molar-refractivity contribution in [3.63, 3.8) is 0 Å². The van der Waals surface area contributed by atoms with Crippen molar-refractivity contribution < 1.29 is 4.79 Å². The van der Waals surface area contributed by atoms with Gasteiger partial charge in [0.25, 0.3) is 5.91 Å². The minimum atomic E-state index is 0.0380. The Kier molecular flexibility index (Phi) is 5.29. The summed E-state index contributed by atoms with van der Waals surface area (Å²) in [6, 6.07) is 1.96. The van der Waals surface area contributed by atoms with Gasteiger partial charge in [-0.15, -0.1) is 5.10 Å². The van der Waals surface area contributed by atoms with E-state index in [1.807, 2.05) is 28.7 Å². The third-order valence-electron chi connectivity index (χ3n) is 4.71. The lowest BCUT2D eigenvalue weighted by molar-refractivity contribution is 0.0750. The van der Waals surface area contributed by atoms with E-state index in [0.29, 0.717) is 23.8 Å². The Bertz CT molecular complexity index is 946. The third kappa shape index (κ3) is 3.72. The molecule has 0 aliphatic carbocycles. The molecule has 0 unspecified atom stereocenters. The van der Waals surface area contributed by atoms with E-state index in [4.69, 9.17) is 0 Å². The van der Waals surface area contributed by atoms with E-state index >= 15 is 0 Å². The molecule has 0 radical (unpaired) electrons. The SMILES string of the molecule is CCCc1nnsc1C(=O)N1CCN(c2cc(-n3ccnc3)nc(C)n2)CC1. The molecular weight excluding hydrogens is 376 g/mol. The number of carbonyl (C=O) groups is 1. The highest BCUT2D eigenvalue weighted by molar-refractivity contribution is 7.08. The second-order valence-electron chi connectivity index (χ2n) is 6.68. The summed E-state index contributed by atoms with van der Waals surface area (Å²) >= 11 is 1.20. The summed E-state index contributed by atoms with van der Waals surface area (Å²) in [4.78, 5) is 30.8. The maximum atomic E-state index is 12.9. The molecule has 0 spiro atoms. The van der Waals surface area contributed by atoms with Gasteiger partial charge in [-0.25, -0.2) is 15.0 Å². The molecule has 0 aromatic carbocycles. The Labute approximate surface area is 167 Å². The van der Waals surface area contributed by atoms with Crippen molar-refractivity contribution in [2.75, 3.05) is 31.1 Å². The molecule has 3 aromatic heterocycles. The van der Waals surface area contributed by atoms with Gasteiger partial charge in [0.05, 0.1) is 5.69 Å². The van der Waals surface area contributed by atoms with E-state index in [-0.39, 0.29) is 5.91 Å². The van der Waals surface area contributed by atoms with Crippen LogP contribution in [0.3, 0.4) is 0 Å². The van der Waals surface area contributed by atoms with Gasteiger partial charge in [0.2, 0.25) is 0 Å². The molecule has 4 rings (SSSR count). The predicted octanol–water partition coefficient (Wildman–Crippen LogP) is 1.74. The van der Waals surface area contributed by atoms with Crippen LogP contribution in [0.15, 0.2) is 24.8 Å². The quantitative estimate of drug-likeness (QED) is 0.646. The molecule has 1 amide bonds. The summed E-state index contributed by atoms with van der Waals surface area (Å²) in [5.41, 5.74) is 0.816. The highest BCUT2D eigenvalue weighted by atomic mass is 32.1. The Hall–Kier alpha value is -2.88. The minimum Gasteiger partial charge on any atom is -0.353 e. The van der Waals surface area contributed by atoms with Crippen LogP contribution in [0.4, 0.5) is 5.82 Å². The molecule has 1 fully saturated rings. The number of piperazine rings is 1. The van der Waals surface area contributed by atoms with Crippen molar-refractivity contribution in [2.24, 2.45) is 0 Å². The molecule has 1 aliphatic heterocycles. The first-order chi connectivity index (χ1) is 13.7. The highest BCUT2D eigenvalue weighted by Gasteiger charge is 2.26. The zero-order chi connectivity index (χ0) is 19.5. The monoisotopic (exact) mass is 398 g/mol. The number of hydrogen-bond donors (Lipinski definition) is 0. The predicted molar refractivity (Wildman–Crippen MR) is 106 cm³/mol. The second kappa shape index (κ2) is 8.01. The molecule has 0 N–H and O–H groups in total. The Morgan fingerprint density at radius 1 is 1.18 bits per heavy atom. The summed E-state index contributed by atoms with van der Waals surface area (Å²) in [6.07, 6.45) is 7.04. The van der Waals surface area contributed by atoms with E-state index in [0.717, 1.165) is 43.3 Å². The number of imidazole rings is 1. The van der Waals surface area contributed by atoms with Gasteiger partial charge in [-0.05, 0) is 24.9 Å². The van der Waals surface area contributed by atoms with Crippen molar-refractivity contribution in [2.45, 2.75) is 26.7 Å². The number of aromatic nitrogens is 6. The van der Waals surface area contributed by atoms with Crippen molar-refractivity contribution in [1.29, 1.82) is 0 Å². The zero-order valence-electron chi connectivity index (χ0n) is 15.9. The molecular formula is C18H22N8OS. The van der Waals surface area contributed by atoms with Crippen molar-refractivity contribution in [3.8, 4) is 5.82 Å². The molecule has 28 heavy (non-hydrogen) atoms. The normalized spacial score (nSPS) is 14.5. The summed E-state index contributed by atoms with van der Waals surface area (Å²) in [6.45, 7) is 6.70. The Balaban J connectivity index is 1.46. The fraction of sp³-hybridized carbons (Fsp3) is 0.444. The van der Waals surface area contributed by atoms with E-state index in [1.54, 1.807) is 12.5 Å². The Morgan fingerprint density at radius 3 is 2.68 bits per heavy atom. The van der Waals surface area contributed by atoms with Crippen molar-refractivity contribution >= 4 is 23.3 Å². The average molecular weight is 398 g/mol. The van der Waals surface area contributed by atoms with Crippen LogP contribution in [0.5, 0.6) is 0 Å². The fourth-order valence-corrected chi connectivity index (χ4v) is 3.96. The molecule has 10 heteroatoms. The molecule has 3 aromatic rings. The summed E-state index contributed by atoms with van der Waals surface area (Å²) in [5, 5.41) is 4.11. The lowest BCUT2D eigenvalue weighted by Gasteiger charge is -2.35. The zero-order valence-corrected chi connectivity index (χ0v) is 16.8. The van der Waals surface area contributed by atoms with Gasteiger partial charge in [0, 0.05) is 44.6 Å². The average Bonchev–Trinajstić information content (AvgIpc) is 3.40. The van der Waals surface area contributed by atoms with E-state index < -0.39 is 0 Å². The molecule has 4 heterocycles. The van der Waals surface area contributed by atoms with Crippen molar-refractivity contribution in [3.05, 3.63) is 41.2 Å². The van der Waals surface area contributed by atoms with E-state index in [9.17, 15) is 4.79 Å². The number of nitrogens with zero attached hydrogens (tertiary/aromatic N) is 8. The minimum absolute atomic E-state index is 0.0380. The number of aryl methyl sites for hydroxylation is 2. The first kappa shape index (κ1) is 18.5. The van der Waals surface area contributed by atoms with E-state index in [2.05, 4.69) is 36.4 Å². The lowest BCUT2D eigenvalue weighted by Crippen LogP contribution is -2.49. The van der Waals surface area contributed by atoms with Crippen LogP contribution in [0.2, 0.25) is 0 Å². The summed E-state index contributed by atoms with van der Waals surface area (Å²) in [5.74, 6) is 2.41. The van der Waals surface area contributed by atoms with Crippen LogP contribution in [-0.4, -0.2) is 66.1 Å². The van der Waals surface area contributed by atoms with Crippen molar-refractivity contribution in [1.82, 2.24) is 34.0 Å². The maximum absolute atomic E-state index is 12.9. The highest BCUT2D eigenvalue weighted by Crippen LogP contribution is 2.20. The number of anilines is 1. The number of carbonyl (C=O) groups excluding carboxylic acids is 1. The number of amides is 1. The molecule has 0 atom stereocenters. The first-order valence-corrected chi connectivity index (χ1v) is 10.1. The van der Waals surface area contributed by atoms with Gasteiger partial charge in [0.15, 0.2) is 0 Å². The summed E-state index contributed by atoms with van der Waals surface area (Å²) in [7, 11) is 0. The van der Waals surface area contributed by atoms with E-state index in [1.165, 1.54) is 11.5 Å². The fourth-order valence-electron chi connectivity index (χ4n) is 3.28. The van der Waals surface area contributed by atoms with Gasteiger partial charge in [-0.3, -0.25) is 9.36 Å². The lowest BCUT2D eigenvalue weighted by atomic mass is 10.2. The van der Waals surface area contributed by atoms with Crippen LogP contribution >= 0.6 is 11.5 Å². The number of hydrogen-bond acceptors (Lipinski definition) is 8. The van der Waals surface area contributed by atoms with Gasteiger partial charge in [0.1, 0.15) is 28.7 Å². The van der Waals surface area contributed by atoms with Gasteiger partial charge in [-0.1, -0.05) is 17.8 Å². The van der Waals surface area contributed by atoms with Crippen LogP contribution in [0.1, 0.15) is 34.5 Å². The molecule has 1 aliphatic rings. The van der Waals surface area contributed by atoms with Gasteiger partial charge < -0.3 is 9.80 Å². The van der Waals surface area contributed by atoms with Crippen LogP contribution in [0, 0.1) is 6.92 Å². The molecule has 1 saturated heterocycles. The van der Waals surface area contributed by atoms with Crippen LogP contribution < -0.4 is 4.90 Å². The summed E-state index contributed by atoms with van der Waals surface area (Å²) < 4.78 is 5.84. The molecule has 146 valence electrons. The largest absolute Gasteiger partial charge is 0.353 e.